The molecule has 11 nitrogen and oxygen atoms in total. The molecule has 12 heteroatoms. The predicted octanol–water partition coefficient (Wildman–Crippen LogP) is 0.0866. The smallest absolute Gasteiger partial charge is 0.289 e. The van der Waals surface area contributed by atoms with E-state index in [-0.39, 0.29) is 23.6 Å². The fraction of sp³-hybridized carbons (Fsp3) is 0.667. The lowest BCUT2D eigenvalue weighted by Gasteiger charge is -2.27. The van der Waals surface area contributed by atoms with Gasteiger partial charge in [0.15, 0.2) is 14.3 Å². The summed E-state index contributed by atoms with van der Waals surface area (Å²) in [4.78, 5) is 8.13. The summed E-state index contributed by atoms with van der Waals surface area (Å²) in [6.45, 7) is 5.02. The second-order valence-corrected chi connectivity index (χ2v) is 8.30. The van der Waals surface area contributed by atoms with Crippen molar-refractivity contribution in [1.82, 2.24) is 14.5 Å². The molecule has 0 radical (unpaired) electrons. The molecule has 3 atom stereocenters. The van der Waals surface area contributed by atoms with E-state index in [0.717, 1.165) is 6.33 Å². The van der Waals surface area contributed by atoms with E-state index in [1.165, 1.54) is 10.9 Å². The first-order chi connectivity index (χ1) is 12.7. The topological polar surface area (TPSA) is 157 Å². The minimum absolute atomic E-state index is 0.0183. The first-order valence-corrected chi connectivity index (χ1v) is 10.1. The minimum Gasteiger partial charge on any atom is -0.394 e. The number of aliphatic hydroxyl groups is 2. The summed E-state index contributed by atoms with van der Waals surface area (Å²) in [5, 5.41) is 29.1. The molecule has 152 valence electrons. The number of aliphatic hydroxyl groups excluding tert-OH is 2. The van der Waals surface area contributed by atoms with Crippen LogP contribution in [0.1, 0.15) is 33.4 Å². The van der Waals surface area contributed by atoms with Gasteiger partial charge >= 0.3 is 0 Å². The third-order valence-corrected chi connectivity index (χ3v) is 5.37. The van der Waals surface area contributed by atoms with Crippen LogP contribution in [-0.2, 0) is 13.8 Å². The predicted molar refractivity (Wildman–Crippen MR) is 96.7 cm³/mol. The molecule has 2 unspecified atom stereocenters. The molecule has 0 aliphatic heterocycles. The van der Waals surface area contributed by atoms with Gasteiger partial charge in [-0.15, -0.1) is 0 Å². The molecule has 0 aliphatic rings. The summed E-state index contributed by atoms with van der Waals surface area (Å²) in [7, 11) is -2.10. The van der Waals surface area contributed by atoms with Gasteiger partial charge in [0.05, 0.1) is 18.8 Å². The molecular weight excluding hydrogens is 377 g/mol. The van der Waals surface area contributed by atoms with Crippen LogP contribution in [-0.4, -0.2) is 61.0 Å². The van der Waals surface area contributed by atoms with Gasteiger partial charge in [-0.05, 0) is 20.3 Å². The molecule has 0 saturated carbocycles. The second-order valence-electron chi connectivity index (χ2n) is 6.65. The Morgan fingerprint density at radius 2 is 2.15 bits per heavy atom. The van der Waals surface area contributed by atoms with Gasteiger partial charge in [-0.25, -0.2) is 4.98 Å². The number of rotatable bonds is 10. The molecule has 2 aromatic heterocycles. The third-order valence-electron chi connectivity index (χ3n) is 4.01. The number of nitrogens with two attached hydrogens (primary N) is 1. The number of hydrogen-bond donors (Lipinski definition) is 4. The van der Waals surface area contributed by atoms with E-state index < -0.39 is 32.6 Å². The Morgan fingerprint density at radius 1 is 1.44 bits per heavy atom. The highest BCUT2D eigenvalue weighted by atomic mass is 31.1. The number of fused-ring (bicyclic) bond motifs is 1. The van der Waals surface area contributed by atoms with Crippen LogP contribution < -0.4 is 10.5 Å². The summed E-state index contributed by atoms with van der Waals surface area (Å²) in [5.41, 5.74) is 5.60. The first-order valence-electron chi connectivity index (χ1n) is 8.54. The maximum atomic E-state index is 11.7. The van der Waals surface area contributed by atoms with Crippen molar-refractivity contribution >= 4 is 25.0 Å². The number of ether oxygens (including phenoxy) is 1. The zero-order valence-electron chi connectivity index (χ0n) is 15.6. The molecule has 0 amide bonds. The molecule has 5 N–H and O–H groups in total. The van der Waals surface area contributed by atoms with Crippen molar-refractivity contribution in [2.45, 2.75) is 45.1 Å². The number of imidazole rings is 1. The molecule has 27 heavy (non-hydrogen) atoms. The molecule has 2 rings (SSSR count). The van der Waals surface area contributed by atoms with E-state index in [9.17, 15) is 20.0 Å². The quantitative estimate of drug-likeness (QED) is 0.245. The van der Waals surface area contributed by atoms with Crippen molar-refractivity contribution < 1.29 is 34.0 Å². The molecule has 2 aromatic rings. The molecule has 0 spiro atoms. The average Bonchev–Trinajstić information content (AvgIpc) is 3.05. The Bertz CT molecular complexity index is 798. The van der Waals surface area contributed by atoms with Crippen molar-refractivity contribution in [1.29, 1.82) is 0 Å². The lowest BCUT2D eigenvalue weighted by molar-refractivity contribution is -0.894. The minimum atomic E-state index is -2.10. The molecule has 0 saturated heterocycles. The van der Waals surface area contributed by atoms with Gasteiger partial charge in [0.25, 0.3) is 12.1 Å². The molecule has 0 fully saturated rings. The highest BCUT2D eigenvalue weighted by Gasteiger charge is 2.28. The van der Waals surface area contributed by atoms with Gasteiger partial charge in [-0.3, -0.25) is 9.13 Å². The van der Waals surface area contributed by atoms with Crippen LogP contribution in [0.3, 0.4) is 0 Å². The molecule has 2 heterocycles. The Morgan fingerprint density at radius 3 is 2.78 bits per heavy atom. The fourth-order valence-corrected chi connectivity index (χ4v) is 3.32. The summed E-state index contributed by atoms with van der Waals surface area (Å²) in [6.07, 6.45) is 1.09. The van der Waals surface area contributed by atoms with Crippen LogP contribution in [0.4, 0.5) is 5.82 Å². The van der Waals surface area contributed by atoms with Crippen LogP contribution in [0.2, 0.25) is 0 Å². The Labute approximate surface area is 157 Å². The van der Waals surface area contributed by atoms with E-state index in [2.05, 4.69) is 9.97 Å². The Balaban J connectivity index is 2.17. The normalized spacial score (nSPS) is 15.7. The summed E-state index contributed by atoms with van der Waals surface area (Å²) in [6, 6.07) is 0. The van der Waals surface area contributed by atoms with Crippen molar-refractivity contribution in [2.24, 2.45) is 0 Å². The standard InChI is InChI=1S/C15H26N5O6P/c1-4-27(24)26-15(2,3)5-6-25-14(10(22)7-21)19-8-17-11-12(16)20(23)9-18-13(11)19/h8-10,14,16,21-23,27H,4-7H2,1-3H3/p+1/t10-,14?/m1/s1. The number of nitrogen functional groups attached to an aromatic ring is 1. The number of aromatic nitrogens is 4. The molecule has 0 aromatic carbocycles. The van der Waals surface area contributed by atoms with Gasteiger partial charge in [-0.2, -0.15) is 0 Å². The molecule has 0 aliphatic carbocycles. The average molecular weight is 404 g/mol. The largest absolute Gasteiger partial charge is 0.394 e. The second kappa shape index (κ2) is 8.94. The monoisotopic (exact) mass is 404 g/mol. The van der Waals surface area contributed by atoms with Crippen LogP contribution in [0, 0.1) is 0 Å². The highest BCUT2D eigenvalue weighted by Crippen LogP contribution is 2.32. The maximum Gasteiger partial charge on any atom is 0.289 e. The van der Waals surface area contributed by atoms with E-state index in [1.807, 2.05) is 0 Å². The molecule has 0 bridgehead atoms. The van der Waals surface area contributed by atoms with Crippen molar-refractivity contribution in [3.8, 4) is 0 Å². The van der Waals surface area contributed by atoms with E-state index in [1.54, 1.807) is 20.8 Å². The first kappa shape index (κ1) is 21.5. The summed E-state index contributed by atoms with van der Waals surface area (Å²) in [5.74, 6) is -0.0183. The van der Waals surface area contributed by atoms with Gasteiger partial charge in [0.2, 0.25) is 11.2 Å². The van der Waals surface area contributed by atoms with Gasteiger partial charge in [0, 0.05) is 6.16 Å². The number of hydrogen-bond acceptors (Lipinski definition) is 9. The lowest BCUT2D eigenvalue weighted by atomic mass is 10.1. The van der Waals surface area contributed by atoms with Gasteiger partial charge in [-0.1, -0.05) is 16.6 Å². The molecular formula is C15H27N5O6P+. The van der Waals surface area contributed by atoms with Crippen LogP contribution in [0.15, 0.2) is 12.7 Å². The zero-order chi connectivity index (χ0) is 20.2. The maximum absolute atomic E-state index is 11.7. The summed E-state index contributed by atoms with van der Waals surface area (Å²) < 4.78 is 25.0. The Hall–Kier alpha value is -1.78. The van der Waals surface area contributed by atoms with Crippen molar-refractivity contribution in [2.75, 3.05) is 25.1 Å². The van der Waals surface area contributed by atoms with Crippen LogP contribution in [0.5, 0.6) is 0 Å². The zero-order valence-corrected chi connectivity index (χ0v) is 16.6. The van der Waals surface area contributed by atoms with Gasteiger partial charge < -0.3 is 30.4 Å². The lowest BCUT2D eigenvalue weighted by Crippen LogP contribution is -2.35. The SMILES string of the molecule is CC[PH](=O)OC(C)(C)CCOC([C@H](O)CO)n1cnc2c(N)[n+](O)cnc21. The highest BCUT2D eigenvalue weighted by molar-refractivity contribution is 7.39. The van der Waals surface area contributed by atoms with E-state index >= 15 is 0 Å². The fourth-order valence-electron chi connectivity index (χ4n) is 2.45. The number of nitrogens with zero attached hydrogens (tertiary/aromatic N) is 4. The Kier molecular flexibility index (Phi) is 7.12. The third kappa shape index (κ3) is 5.14. The van der Waals surface area contributed by atoms with Crippen LogP contribution >= 0.6 is 8.03 Å². The van der Waals surface area contributed by atoms with Crippen molar-refractivity contribution in [3.05, 3.63) is 12.7 Å². The van der Waals surface area contributed by atoms with Crippen LogP contribution in [0.25, 0.3) is 11.2 Å². The summed E-state index contributed by atoms with van der Waals surface area (Å²) >= 11 is 0. The number of anilines is 1. The van der Waals surface area contributed by atoms with Crippen molar-refractivity contribution in [3.63, 3.8) is 0 Å². The van der Waals surface area contributed by atoms with E-state index in [0.29, 0.717) is 17.3 Å². The van der Waals surface area contributed by atoms with Gasteiger partial charge in [0.1, 0.15) is 12.4 Å². The van der Waals surface area contributed by atoms with E-state index in [4.69, 9.17) is 15.0 Å².